The average molecular weight is 1210 g/mol. The van der Waals surface area contributed by atoms with Crippen LogP contribution in [0.5, 0.6) is 23.3 Å². The molecule has 0 saturated carbocycles. The number of carboxylic acid groups (broad SMARTS) is 2. The number of nitrogens with zero attached hydrogens (tertiary/aromatic N) is 4. The second-order valence-corrected chi connectivity index (χ2v) is 21.4. The number of hydrogen-bond donors (Lipinski definition) is 6. The highest BCUT2D eigenvalue weighted by molar-refractivity contribution is 7.94. The van der Waals surface area contributed by atoms with Gasteiger partial charge in [-0.2, -0.15) is 40.7 Å². The van der Waals surface area contributed by atoms with Crippen molar-refractivity contribution in [3.63, 3.8) is 0 Å². The first-order chi connectivity index (χ1) is 37.1. The van der Waals surface area contributed by atoms with Crippen LogP contribution in [0.15, 0.2) is 93.3 Å². The topological polar surface area (TPSA) is 355 Å². The fraction of sp³-hybridized carbons (Fsp3) is 0.333. The summed E-state index contributed by atoms with van der Waals surface area (Å²) in [4.78, 5) is 93.1. The van der Waals surface area contributed by atoms with Crippen molar-refractivity contribution in [3.8, 4) is 28.9 Å². The number of carboxylic acids is 2. The minimum atomic E-state index is -4.84. The van der Waals surface area contributed by atoms with E-state index in [1.807, 2.05) is 30.4 Å². The van der Waals surface area contributed by atoms with Gasteiger partial charge in [0.05, 0.1) is 56.0 Å². The molecule has 2 unspecified atom stereocenters. The number of aromatic nitrogens is 4. The zero-order chi connectivity index (χ0) is 60.9. The summed E-state index contributed by atoms with van der Waals surface area (Å²) in [6, 6.07) is 14.9. The van der Waals surface area contributed by atoms with Crippen LogP contribution in [0.3, 0.4) is 0 Å². The molecule has 80 heavy (non-hydrogen) atoms. The lowest BCUT2D eigenvalue weighted by Gasteiger charge is -2.17. The molecule has 0 aliphatic carbocycles. The summed E-state index contributed by atoms with van der Waals surface area (Å²) >= 11 is 0. The number of aryl methyl sites for hydroxylation is 1. The molecule has 440 valence electrons. The Morgan fingerprint density at radius 1 is 0.875 bits per heavy atom. The minimum Gasteiger partial charge on any atom is -0.778 e. The van der Waals surface area contributed by atoms with Gasteiger partial charge in [-0.25, -0.2) is 36.9 Å². The number of carbonyl (C=O) groups is 4. The fourth-order valence-corrected chi connectivity index (χ4v) is 7.19. The first-order valence-corrected chi connectivity index (χ1v) is 27.7. The monoisotopic (exact) mass is 1210 g/mol. The Morgan fingerprint density at radius 3 is 1.93 bits per heavy atom. The number of anilines is 1. The number of aromatic carboxylic acids is 1. The van der Waals surface area contributed by atoms with Crippen LogP contribution in [-0.2, 0) is 66.1 Å². The van der Waals surface area contributed by atoms with Gasteiger partial charge >= 0.3 is 49.0 Å². The Morgan fingerprint density at radius 2 is 1.44 bits per heavy atom. The summed E-state index contributed by atoms with van der Waals surface area (Å²) in [5.41, 5.74) is -2.45. The van der Waals surface area contributed by atoms with Crippen molar-refractivity contribution in [1.29, 1.82) is 0 Å². The molecule has 5 aromatic rings. The van der Waals surface area contributed by atoms with Gasteiger partial charge in [-0.3, -0.25) is 24.8 Å². The summed E-state index contributed by atoms with van der Waals surface area (Å²) < 4.78 is 149. The number of hydrogen-bond acceptors (Lipinski definition) is 18. The molecule has 3 aromatic carbocycles. The van der Waals surface area contributed by atoms with Crippen LogP contribution in [0.4, 0.5) is 41.5 Å². The number of carbonyl (C=O) groups excluding carboxylic acids is 2. The molecule has 0 bridgehead atoms. The van der Waals surface area contributed by atoms with Crippen LogP contribution in [0.25, 0.3) is 5.69 Å². The number of sulfonamides is 1. The molecule has 2 heterocycles. The highest BCUT2D eigenvalue weighted by Gasteiger charge is 2.35. The highest BCUT2D eigenvalue weighted by Crippen LogP contribution is 2.29. The number of urea groups is 1. The number of halogens is 7. The number of methoxy groups -OCH3 is 1. The number of benzene rings is 3. The van der Waals surface area contributed by atoms with Gasteiger partial charge in [0.1, 0.15) is 36.3 Å². The maximum Gasteiger partial charge on any atom is 0.431 e. The largest absolute Gasteiger partial charge is 0.778 e. The summed E-state index contributed by atoms with van der Waals surface area (Å²) in [5, 5.41) is 20.7. The van der Waals surface area contributed by atoms with Crippen LogP contribution in [-0.4, -0.2) is 125 Å². The second-order valence-electron chi connectivity index (χ2n) is 15.7. The van der Waals surface area contributed by atoms with Gasteiger partial charge in [-0.15, -0.1) is 0 Å². The average Bonchev–Trinajstić information content (AvgIpc) is 3.33. The van der Waals surface area contributed by atoms with Crippen LogP contribution in [0.1, 0.15) is 41.0 Å². The van der Waals surface area contributed by atoms with E-state index in [-0.39, 0.29) is 12.3 Å². The molecule has 35 heteroatoms. The number of esters is 1. The lowest BCUT2D eigenvalue weighted by Crippen LogP contribution is -2.40. The van der Waals surface area contributed by atoms with E-state index < -0.39 is 125 Å². The first-order valence-electron chi connectivity index (χ1n) is 22.0. The van der Waals surface area contributed by atoms with E-state index >= 15 is 0 Å². The van der Waals surface area contributed by atoms with Gasteiger partial charge in [0.15, 0.2) is 6.10 Å². The SMILES string of the molecule is CCc1ccc(COc2ccc(-n3c(=O)cc(C(F)(F)F)n(C)c3=O)cc2)c(OC(C)C(=O)OC)c1.C[S+](C)C.O=C(Nc1nc(OC(F)F)cc(OC(F)F)n1)NS(=O)(=O)c1ccccc1C(=O)O.O=C(O)CNCP(=O)([O-])O. The van der Waals surface area contributed by atoms with Gasteiger partial charge in [-0.1, -0.05) is 31.2 Å². The molecule has 0 saturated heterocycles. The number of nitrogens with one attached hydrogen (secondary N) is 3. The lowest BCUT2D eigenvalue weighted by molar-refractivity contribution is -0.193. The molecule has 2 amide bonds. The standard InChI is InChI=1S/C25H25F3N2O6.C14H10F4N4O7S.C3H8NO5P.C3H9S/c1-5-16-6-7-17(20(12-16)36-15(2)23(32)34-4)14-35-19-10-8-18(9-11-19)30-22(31)13-21(25(26,27)28)29(3)24(30)33;15-11(16)28-8-5-9(29-12(17)18)20-13(19-8)21-14(25)22-30(26,27)7-4-2-1-3-6(7)10(23)24;5-3(6)1-4-2-10(7,8)9;1-4(2)3/h6-13,15H,5,14H2,1-4H3;1-5,11-12H,(H,23,24)(H2,19,20,21,22,25);4H,1-2H2,(H,5,6)(H2,7,8,9);1-3H3/q;;;+1/p-1. The summed E-state index contributed by atoms with van der Waals surface area (Å²) in [5.74, 6) is -5.31. The maximum absolute atomic E-state index is 13.1. The summed E-state index contributed by atoms with van der Waals surface area (Å²) in [7, 11) is -6.20. The molecule has 0 fully saturated rings. The zero-order valence-corrected chi connectivity index (χ0v) is 45.3. The van der Waals surface area contributed by atoms with E-state index in [9.17, 15) is 77.4 Å². The number of amides is 2. The number of ether oxygens (including phenoxy) is 5. The molecular formula is C45H51F7N7O18PS2. The minimum absolute atomic E-state index is 0.0779. The van der Waals surface area contributed by atoms with Crippen molar-refractivity contribution in [2.45, 2.75) is 57.3 Å². The number of rotatable bonds is 20. The smallest absolute Gasteiger partial charge is 0.431 e. The third kappa shape index (κ3) is 23.7. The van der Waals surface area contributed by atoms with Gasteiger partial charge < -0.3 is 48.2 Å². The second kappa shape index (κ2) is 31.1. The van der Waals surface area contributed by atoms with E-state index in [4.69, 9.17) is 29.3 Å². The van der Waals surface area contributed by atoms with E-state index in [1.54, 1.807) is 12.2 Å². The lowest BCUT2D eigenvalue weighted by atomic mass is 10.1. The molecule has 2 aromatic heterocycles. The van der Waals surface area contributed by atoms with Crippen molar-refractivity contribution >= 4 is 58.4 Å². The van der Waals surface area contributed by atoms with Crippen molar-refractivity contribution < 1.29 is 107 Å². The normalized spacial score (nSPS) is 12.2. The van der Waals surface area contributed by atoms with Crippen molar-refractivity contribution in [2.75, 3.05) is 44.0 Å². The van der Waals surface area contributed by atoms with E-state index in [0.717, 1.165) is 31.2 Å². The Balaban J connectivity index is 0.000000446. The van der Waals surface area contributed by atoms with E-state index in [1.165, 1.54) is 48.2 Å². The van der Waals surface area contributed by atoms with E-state index in [2.05, 4.69) is 38.2 Å². The van der Waals surface area contributed by atoms with Crippen LogP contribution >= 0.6 is 7.60 Å². The Hall–Kier alpha value is -7.78. The van der Waals surface area contributed by atoms with Crippen LogP contribution in [0.2, 0.25) is 0 Å². The fourth-order valence-electron chi connectivity index (χ4n) is 5.69. The molecule has 6 N–H and O–H groups in total. The summed E-state index contributed by atoms with van der Waals surface area (Å²) in [6.45, 7) is -3.67. The number of aliphatic carboxylic acids is 1. The third-order valence-electron chi connectivity index (χ3n) is 9.02. The molecule has 2 atom stereocenters. The van der Waals surface area contributed by atoms with Crippen LogP contribution < -0.4 is 50.4 Å². The van der Waals surface area contributed by atoms with Gasteiger partial charge in [0.2, 0.25) is 17.7 Å². The molecular weight excluding hydrogens is 1150 g/mol. The van der Waals surface area contributed by atoms with Crippen molar-refractivity contribution in [1.82, 2.24) is 29.1 Å². The quantitative estimate of drug-likeness (QED) is 0.0275. The molecule has 0 aliphatic heterocycles. The number of alkyl halides is 7. The van der Waals surface area contributed by atoms with Crippen molar-refractivity contribution in [3.05, 3.63) is 122 Å². The zero-order valence-electron chi connectivity index (χ0n) is 42.7. The molecule has 0 aliphatic rings. The third-order valence-corrected chi connectivity index (χ3v) is 11.0. The van der Waals surface area contributed by atoms with E-state index in [0.29, 0.717) is 49.2 Å². The highest BCUT2D eigenvalue weighted by atomic mass is 32.2. The predicted molar refractivity (Wildman–Crippen MR) is 268 cm³/mol. The molecule has 0 radical (unpaired) electrons. The predicted octanol–water partition coefficient (Wildman–Crippen LogP) is 4.18. The Kier molecular flexibility index (Phi) is 26.6. The first kappa shape index (κ1) is 68.3. The molecule has 0 spiro atoms. The van der Waals surface area contributed by atoms with Crippen molar-refractivity contribution in [2.24, 2.45) is 7.05 Å². The Labute approximate surface area is 452 Å². The van der Waals surface area contributed by atoms with Gasteiger partial charge in [-0.05, 0) is 72.3 Å². The van der Waals surface area contributed by atoms with Crippen LogP contribution in [0, 0.1) is 0 Å². The summed E-state index contributed by atoms with van der Waals surface area (Å²) in [6.07, 6.45) is 0.967. The maximum atomic E-state index is 13.1. The molecule has 5 rings (SSSR count). The molecule has 25 nitrogen and oxygen atoms in total. The van der Waals surface area contributed by atoms with Gasteiger partial charge in [0.25, 0.3) is 15.6 Å². The Bertz CT molecular complexity index is 3170. The van der Waals surface area contributed by atoms with Gasteiger partial charge in [0, 0.05) is 18.7 Å².